The number of hydrogen-bond donors (Lipinski definition) is 1. The largest absolute Gasteiger partial charge is 0.366 e. The van der Waals surface area contributed by atoms with Gasteiger partial charge in [0.2, 0.25) is 5.91 Å². The third kappa shape index (κ3) is 4.92. The number of thioether (sulfide) groups is 1. The summed E-state index contributed by atoms with van der Waals surface area (Å²) in [5.74, 6) is 1.80. The molecule has 2 aromatic rings. The number of nitrogens with one attached hydrogen (secondary N) is 1. The summed E-state index contributed by atoms with van der Waals surface area (Å²) in [7, 11) is 0. The molecule has 0 bridgehead atoms. The summed E-state index contributed by atoms with van der Waals surface area (Å²) < 4.78 is 0. The molecule has 1 N–H and O–H groups in total. The average molecular weight is 343 g/mol. The third-order valence-electron chi connectivity index (χ3n) is 3.98. The van der Waals surface area contributed by atoms with Gasteiger partial charge in [0.1, 0.15) is 5.82 Å². The Morgan fingerprint density at radius 2 is 2.08 bits per heavy atom. The molecule has 3 rings (SSSR count). The van der Waals surface area contributed by atoms with Crippen LogP contribution in [0.1, 0.15) is 19.3 Å². The van der Waals surface area contributed by atoms with Crippen LogP contribution in [0, 0.1) is 0 Å². The number of amides is 1. The molecule has 7 heteroatoms. The van der Waals surface area contributed by atoms with Crippen LogP contribution in [0.15, 0.2) is 47.8 Å². The Bertz CT molecular complexity index is 632. The van der Waals surface area contributed by atoms with Crippen LogP contribution in [-0.4, -0.2) is 50.9 Å². The zero-order valence-corrected chi connectivity index (χ0v) is 14.3. The maximum Gasteiger partial charge on any atom is 0.223 e. The number of anilines is 1. The summed E-state index contributed by atoms with van der Waals surface area (Å²) in [5.41, 5.74) is 0. The lowest BCUT2D eigenvalue weighted by molar-refractivity contribution is -0.131. The predicted octanol–water partition coefficient (Wildman–Crippen LogP) is 2.46. The van der Waals surface area contributed by atoms with Crippen LogP contribution < -0.4 is 5.32 Å². The van der Waals surface area contributed by atoms with Gasteiger partial charge in [-0.1, -0.05) is 6.07 Å². The van der Waals surface area contributed by atoms with Crippen molar-refractivity contribution in [2.75, 3.05) is 24.2 Å². The standard InChI is InChI=1S/C17H21N5OS/c23-17(8-13-24-16-5-1-2-9-18-16)22-11-6-14(7-12-22)20-15-4-3-10-19-21-15/h1-5,9-10,14H,6-8,11-13H2,(H,20,21). The molecule has 3 heterocycles. The molecule has 2 aromatic heterocycles. The third-order valence-corrected chi connectivity index (χ3v) is 4.92. The summed E-state index contributed by atoms with van der Waals surface area (Å²) in [5, 5.41) is 12.3. The summed E-state index contributed by atoms with van der Waals surface area (Å²) in [6.07, 6.45) is 5.88. The zero-order chi connectivity index (χ0) is 16.6. The Hall–Kier alpha value is -2.15. The molecule has 0 aliphatic carbocycles. The number of carbonyl (C=O) groups is 1. The maximum absolute atomic E-state index is 12.3. The van der Waals surface area contributed by atoms with Gasteiger partial charge >= 0.3 is 0 Å². The Kier molecular flexibility index (Phi) is 6.01. The van der Waals surface area contributed by atoms with E-state index in [1.165, 1.54) is 0 Å². The molecule has 6 nitrogen and oxygen atoms in total. The molecule has 0 aromatic carbocycles. The first kappa shape index (κ1) is 16.7. The number of rotatable bonds is 6. The number of pyridine rings is 1. The first-order chi connectivity index (χ1) is 11.8. The lowest BCUT2D eigenvalue weighted by atomic mass is 10.0. The van der Waals surface area contributed by atoms with Crippen LogP contribution >= 0.6 is 11.8 Å². The van der Waals surface area contributed by atoms with Crippen molar-refractivity contribution in [1.82, 2.24) is 20.1 Å². The van der Waals surface area contributed by atoms with E-state index in [1.54, 1.807) is 24.2 Å². The molecule has 1 aliphatic rings. The summed E-state index contributed by atoms with van der Waals surface area (Å²) in [6, 6.07) is 9.97. The average Bonchev–Trinajstić information content (AvgIpc) is 2.64. The van der Waals surface area contributed by atoms with Crippen molar-refractivity contribution >= 4 is 23.5 Å². The predicted molar refractivity (Wildman–Crippen MR) is 94.8 cm³/mol. The zero-order valence-electron chi connectivity index (χ0n) is 13.5. The van der Waals surface area contributed by atoms with Gasteiger partial charge in [-0.05, 0) is 37.1 Å². The summed E-state index contributed by atoms with van der Waals surface area (Å²) >= 11 is 1.63. The van der Waals surface area contributed by atoms with E-state index < -0.39 is 0 Å². The van der Waals surface area contributed by atoms with Crippen molar-refractivity contribution in [2.45, 2.75) is 30.3 Å². The molecule has 0 saturated carbocycles. The van der Waals surface area contributed by atoms with Gasteiger partial charge < -0.3 is 10.2 Å². The Balaban J connectivity index is 1.37. The molecule has 1 saturated heterocycles. The van der Waals surface area contributed by atoms with E-state index in [2.05, 4.69) is 20.5 Å². The minimum atomic E-state index is 0.233. The van der Waals surface area contributed by atoms with Crippen LogP contribution in [0.4, 0.5) is 5.82 Å². The molecule has 1 aliphatic heterocycles. The van der Waals surface area contributed by atoms with E-state index in [0.29, 0.717) is 12.5 Å². The number of hydrogen-bond acceptors (Lipinski definition) is 6. The fourth-order valence-electron chi connectivity index (χ4n) is 2.69. The van der Waals surface area contributed by atoms with Crippen LogP contribution in [-0.2, 0) is 4.79 Å². The van der Waals surface area contributed by atoms with Crippen LogP contribution in [0.25, 0.3) is 0 Å². The SMILES string of the molecule is O=C(CCSc1ccccn1)N1CCC(Nc2cccnn2)CC1. The van der Waals surface area contributed by atoms with Gasteiger partial charge in [-0.15, -0.1) is 16.9 Å². The first-order valence-electron chi connectivity index (χ1n) is 8.17. The molecule has 1 amide bonds. The highest BCUT2D eigenvalue weighted by Crippen LogP contribution is 2.18. The van der Waals surface area contributed by atoms with Crippen molar-refractivity contribution in [3.63, 3.8) is 0 Å². The highest BCUT2D eigenvalue weighted by Gasteiger charge is 2.22. The van der Waals surface area contributed by atoms with Crippen molar-refractivity contribution in [2.24, 2.45) is 0 Å². The van der Waals surface area contributed by atoms with E-state index >= 15 is 0 Å². The fourth-order valence-corrected chi connectivity index (χ4v) is 3.49. The first-order valence-corrected chi connectivity index (χ1v) is 9.15. The van der Waals surface area contributed by atoms with E-state index in [0.717, 1.165) is 42.5 Å². The lowest BCUT2D eigenvalue weighted by Crippen LogP contribution is -2.42. The van der Waals surface area contributed by atoms with E-state index in [-0.39, 0.29) is 5.91 Å². The lowest BCUT2D eigenvalue weighted by Gasteiger charge is -2.32. The quantitative estimate of drug-likeness (QED) is 0.813. The van der Waals surface area contributed by atoms with Crippen molar-refractivity contribution in [3.05, 3.63) is 42.7 Å². The number of piperidine rings is 1. The van der Waals surface area contributed by atoms with Gasteiger partial charge in [0.15, 0.2) is 0 Å². The topological polar surface area (TPSA) is 71.0 Å². The normalized spacial score (nSPS) is 15.2. The molecular formula is C17H21N5OS. The molecular weight excluding hydrogens is 322 g/mol. The Labute approximate surface area is 146 Å². The van der Waals surface area contributed by atoms with Gasteiger partial charge in [-0.2, -0.15) is 5.10 Å². The van der Waals surface area contributed by atoms with Crippen molar-refractivity contribution in [1.29, 1.82) is 0 Å². The maximum atomic E-state index is 12.3. The highest BCUT2D eigenvalue weighted by atomic mass is 32.2. The van der Waals surface area contributed by atoms with E-state index in [4.69, 9.17) is 0 Å². The second kappa shape index (κ2) is 8.63. The molecule has 0 unspecified atom stereocenters. The molecule has 0 radical (unpaired) electrons. The molecule has 0 atom stereocenters. The van der Waals surface area contributed by atoms with Crippen molar-refractivity contribution < 1.29 is 4.79 Å². The monoisotopic (exact) mass is 343 g/mol. The minimum Gasteiger partial charge on any atom is -0.366 e. The second-order valence-electron chi connectivity index (χ2n) is 5.67. The van der Waals surface area contributed by atoms with E-state index in [9.17, 15) is 4.79 Å². The summed E-state index contributed by atoms with van der Waals surface area (Å²) in [6.45, 7) is 1.59. The Morgan fingerprint density at radius 3 is 2.79 bits per heavy atom. The smallest absolute Gasteiger partial charge is 0.223 e. The van der Waals surface area contributed by atoms with Gasteiger partial charge in [0.25, 0.3) is 0 Å². The Morgan fingerprint density at radius 1 is 1.21 bits per heavy atom. The van der Waals surface area contributed by atoms with E-state index in [1.807, 2.05) is 35.2 Å². The van der Waals surface area contributed by atoms with Gasteiger partial charge in [-0.25, -0.2) is 4.98 Å². The number of nitrogens with zero attached hydrogens (tertiary/aromatic N) is 4. The molecule has 126 valence electrons. The molecule has 0 spiro atoms. The van der Waals surface area contributed by atoms with Gasteiger partial charge in [0, 0.05) is 43.7 Å². The van der Waals surface area contributed by atoms with Gasteiger partial charge in [-0.3, -0.25) is 4.79 Å². The van der Waals surface area contributed by atoms with Crippen LogP contribution in [0.5, 0.6) is 0 Å². The minimum absolute atomic E-state index is 0.233. The van der Waals surface area contributed by atoms with Crippen LogP contribution in [0.3, 0.4) is 0 Å². The molecule has 24 heavy (non-hydrogen) atoms. The molecule has 1 fully saturated rings. The van der Waals surface area contributed by atoms with Gasteiger partial charge in [0.05, 0.1) is 5.03 Å². The highest BCUT2D eigenvalue weighted by molar-refractivity contribution is 7.99. The number of aromatic nitrogens is 3. The van der Waals surface area contributed by atoms with Crippen LogP contribution in [0.2, 0.25) is 0 Å². The number of likely N-dealkylation sites (tertiary alicyclic amines) is 1. The van der Waals surface area contributed by atoms with Crippen molar-refractivity contribution in [3.8, 4) is 0 Å². The number of carbonyl (C=O) groups excluding carboxylic acids is 1. The summed E-state index contributed by atoms with van der Waals surface area (Å²) in [4.78, 5) is 18.5. The second-order valence-corrected chi connectivity index (χ2v) is 6.79. The fraction of sp³-hybridized carbons (Fsp3) is 0.412.